The highest BCUT2D eigenvalue weighted by atomic mass is 15.1. The van der Waals surface area contributed by atoms with Crippen LogP contribution in [-0.2, 0) is 0 Å². The first kappa shape index (κ1) is 18.6. The van der Waals surface area contributed by atoms with Crippen LogP contribution in [0.15, 0.2) is 170 Å². The number of para-hydroxylation sites is 4. The van der Waals surface area contributed by atoms with E-state index < -0.39 is 83.2 Å². The Labute approximate surface area is 318 Å². The molecule has 0 spiro atoms. The van der Waals surface area contributed by atoms with Gasteiger partial charge in [-0.15, -0.1) is 0 Å². The quantitative estimate of drug-likeness (QED) is 0.182. The molecule has 3 aromatic heterocycles. The van der Waals surface area contributed by atoms with E-state index in [1.807, 2.05) is 9.13 Å². The van der Waals surface area contributed by atoms with Crippen molar-refractivity contribution in [3.8, 4) is 51.6 Å². The van der Waals surface area contributed by atoms with E-state index >= 15 is 0 Å². The molecule has 0 amide bonds. The van der Waals surface area contributed by atoms with Gasteiger partial charge in [0.05, 0.1) is 58.2 Å². The molecule has 10 rings (SSSR count). The molecule has 0 saturated heterocycles. The largest absolute Gasteiger partial charge is 0.308 e. The predicted molar refractivity (Wildman–Crippen MR) is 210 cm³/mol. The van der Waals surface area contributed by atoms with Gasteiger partial charge in [0, 0.05) is 38.2 Å². The minimum absolute atomic E-state index is 0.0502. The topological polar surface area (TPSA) is 72.3 Å². The molecule has 0 aliphatic carbocycles. The number of benzene rings is 7. The van der Waals surface area contributed by atoms with E-state index in [2.05, 4.69) is 11.1 Å². The molecule has 0 aliphatic heterocycles. The molecule has 0 atom stereocenters. The fourth-order valence-corrected chi connectivity index (χ4v) is 6.77. The van der Waals surface area contributed by atoms with Gasteiger partial charge in [-0.1, -0.05) is 133 Å². The van der Waals surface area contributed by atoms with E-state index in [1.165, 1.54) is 6.07 Å². The first-order valence-electron chi connectivity index (χ1n) is 23.0. The molecule has 7 aromatic carbocycles. The summed E-state index contributed by atoms with van der Waals surface area (Å²) in [4.78, 5) is 13.9. The maximum Gasteiger partial charge on any atom is 0.166 e. The van der Waals surface area contributed by atoms with Crippen LogP contribution in [0, 0.1) is 11.3 Å². The smallest absolute Gasteiger partial charge is 0.166 e. The van der Waals surface area contributed by atoms with Gasteiger partial charge in [0.15, 0.2) is 17.5 Å². The van der Waals surface area contributed by atoms with E-state index in [1.54, 1.807) is 78.9 Å². The summed E-state index contributed by atoms with van der Waals surface area (Å²) in [6.45, 7) is 0. The van der Waals surface area contributed by atoms with Crippen LogP contribution >= 0.6 is 0 Å². The molecule has 6 heteroatoms. The van der Waals surface area contributed by atoms with Gasteiger partial charge in [0.25, 0.3) is 0 Å². The standard InChI is InChI=1S/C46H28N6/c47-29-32-27-37(46-49-44(30-15-3-1-4-16-30)48-45(50-46)31-17-5-2-6-18-31)43(52-40-25-13-9-21-35(40)36-22-10-14-26-41(36)52)28-42(32)51-38-23-11-7-19-33(38)34-20-8-12-24-39(34)51/h1-28H/i1D,2D,3D,4D,5D,6D,7D,8D,9D,10D,15D,16D,17D,18D. The molecular weight excluding hydrogens is 637 g/mol. The number of fused-ring (bicyclic) bond motifs is 6. The average molecular weight is 679 g/mol. The van der Waals surface area contributed by atoms with Gasteiger partial charge in [-0.25, -0.2) is 15.0 Å². The summed E-state index contributed by atoms with van der Waals surface area (Å²) in [6.07, 6.45) is 0. The third kappa shape index (κ3) is 4.61. The number of nitrogens with zero attached hydrogens (tertiary/aromatic N) is 6. The van der Waals surface area contributed by atoms with Gasteiger partial charge >= 0.3 is 0 Å². The van der Waals surface area contributed by atoms with E-state index in [4.69, 9.17) is 29.2 Å². The van der Waals surface area contributed by atoms with Gasteiger partial charge in [0.1, 0.15) is 6.07 Å². The summed E-state index contributed by atoms with van der Waals surface area (Å²) in [5.74, 6) is -1.27. The Kier molecular flexibility index (Phi) is 4.25. The molecule has 0 saturated carbocycles. The number of hydrogen-bond donors (Lipinski definition) is 0. The number of hydrogen-bond acceptors (Lipinski definition) is 4. The average Bonchev–Trinajstić information content (AvgIpc) is 3.79. The first-order chi connectivity index (χ1) is 31.5. The lowest BCUT2D eigenvalue weighted by atomic mass is 10.0. The van der Waals surface area contributed by atoms with Crippen LogP contribution in [0.4, 0.5) is 0 Å². The molecule has 0 bridgehead atoms. The summed E-state index contributed by atoms with van der Waals surface area (Å²) in [7, 11) is 0. The van der Waals surface area contributed by atoms with Crippen molar-refractivity contribution >= 4 is 43.6 Å². The molecule has 0 N–H and O–H groups in total. The number of aromatic nitrogens is 5. The number of nitriles is 1. The maximum atomic E-state index is 11.1. The molecule has 52 heavy (non-hydrogen) atoms. The number of rotatable bonds is 5. The van der Waals surface area contributed by atoms with E-state index in [9.17, 15) is 5.26 Å². The van der Waals surface area contributed by atoms with Gasteiger partial charge in [-0.05, 0) is 36.4 Å². The van der Waals surface area contributed by atoms with Gasteiger partial charge in [-0.3, -0.25) is 0 Å². The van der Waals surface area contributed by atoms with Crippen molar-refractivity contribution in [1.82, 2.24) is 24.1 Å². The zero-order valence-corrected chi connectivity index (χ0v) is 26.8. The van der Waals surface area contributed by atoms with E-state index in [-0.39, 0.29) is 46.8 Å². The van der Waals surface area contributed by atoms with Crippen molar-refractivity contribution in [3.63, 3.8) is 0 Å². The third-order valence-electron chi connectivity index (χ3n) is 8.95. The van der Waals surface area contributed by atoms with Crippen LogP contribution in [-0.4, -0.2) is 24.1 Å². The van der Waals surface area contributed by atoms with Crippen LogP contribution in [0.5, 0.6) is 0 Å². The molecule has 0 unspecified atom stereocenters. The van der Waals surface area contributed by atoms with Crippen LogP contribution in [0.25, 0.3) is 89.2 Å². The van der Waals surface area contributed by atoms with Crippen LogP contribution in [0.3, 0.4) is 0 Å². The Morgan fingerprint density at radius 2 is 0.865 bits per heavy atom. The lowest BCUT2D eigenvalue weighted by molar-refractivity contribution is 1.06. The highest BCUT2D eigenvalue weighted by Gasteiger charge is 2.23. The molecule has 0 radical (unpaired) electrons. The Bertz CT molecular complexity index is 3590. The molecule has 242 valence electrons. The fourth-order valence-electron chi connectivity index (χ4n) is 6.77. The lowest BCUT2D eigenvalue weighted by Crippen LogP contribution is -2.07. The zero-order valence-electron chi connectivity index (χ0n) is 40.8. The van der Waals surface area contributed by atoms with Crippen molar-refractivity contribution in [3.05, 3.63) is 175 Å². The second-order valence-corrected chi connectivity index (χ2v) is 11.7. The monoisotopic (exact) mass is 678 g/mol. The summed E-state index contributed by atoms with van der Waals surface area (Å²) >= 11 is 0. The van der Waals surface area contributed by atoms with Crippen LogP contribution in [0.2, 0.25) is 0 Å². The van der Waals surface area contributed by atoms with Gasteiger partial charge in [0.2, 0.25) is 0 Å². The first-order valence-corrected chi connectivity index (χ1v) is 16.0. The fraction of sp³-hybridized carbons (Fsp3) is 0. The molecule has 6 nitrogen and oxygen atoms in total. The van der Waals surface area contributed by atoms with Crippen molar-refractivity contribution in [2.24, 2.45) is 0 Å². The van der Waals surface area contributed by atoms with Crippen molar-refractivity contribution in [2.75, 3.05) is 0 Å². The Hall–Kier alpha value is -7.36. The molecular formula is C46H28N6. The van der Waals surface area contributed by atoms with Crippen LogP contribution < -0.4 is 0 Å². The normalized spacial score (nSPS) is 15.2. The highest BCUT2D eigenvalue weighted by Crippen LogP contribution is 2.40. The molecule has 10 aromatic rings. The summed E-state index contributed by atoms with van der Waals surface area (Å²) in [6, 6.07) is 19.3. The van der Waals surface area contributed by atoms with Crippen molar-refractivity contribution < 1.29 is 19.2 Å². The summed E-state index contributed by atoms with van der Waals surface area (Å²) in [5, 5.41) is 13.6. The highest BCUT2D eigenvalue weighted by molar-refractivity contribution is 6.11. The summed E-state index contributed by atoms with van der Waals surface area (Å²) in [5.41, 5.74) is 2.14. The molecule has 3 heterocycles. The van der Waals surface area contributed by atoms with Crippen molar-refractivity contribution in [2.45, 2.75) is 0 Å². The SMILES string of the molecule is [2H]c1ccc2c(c1)c1cc([2H])ccc1n2-c1cc(-n2c3ccc([2H])cc3c3cc([2H])ccc32)c(-c2nc(-c3c([2H])c([2H])c([2H])c([2H])c3[2H])nc(-c3c([2H])c([2H])c([2H])c([2H])c3[2H])n2)cc1C#N. The van der Waals surface area contributed by atoms with Gasteiger partial charge in [-0.2, -0.15) is 5.26 Å². The molecule has 0 fully saturated rings. The Balaban J connectivity index is 1.40. The Morgan fingerprint density at radius 1 is 0.462 bits per heavy atom. The van der Waals surface area contributed by atoms with E-state index in [0.29, 0.717) is 49.3 Å². The minimum Gasteiger partial charge on any atom is -0.308 e. The maximum absolute atomic E-state index is 11.1. The zero-order chi connectivity index (χ0) is 46.8. The lowest BCUT2D eigenvalue weighted by Gasteiger charge is -2.18. The summed E-state index contributed by atoms with van der Waals surface area (Å²) < 4.78 is 123. The Morgan fingerprint density at radius 3 is 1.29 bits per heavy atom. The van der Waals surface area contributed by atoms with Gasteiger partial charge < -0.3 is 9.13 Å². The second kappa shape index (κ2) is 11.9. The third-order valence-corrected chi connectivity index (χ3v) is 8.95. The molecule has 0 aliphatic rings. The van der Waals surface area contributed by atoms with Crippen LogP contribution in [0.1, 0.15) is 24.8 Å². The van der Waals surface area contributed by atoms with E-state index in [0.717, 1.165) is 0 Å². The minimum atomic E-state index is -0.705. The second-order valence-electron chi connectivity index (χ2n) is 11.7. The van der Waals surface area contributed by atoms with Crippen molar-refractivity contribution in [1.29, 1.82) is 5.26 Å². The predicted octanol–water partition coefficient (Wildman–Crippen LogP) is 10.9.